The quantitative estimate of drug-likeness (QED) is 0.850. The summed E-state index contributed by atoms with van der Waals surface area (Å²) in [6.07, 6.45) is 2.74. The van der Waals surface area contributed by atoms with Crippen LogP contribution in [0, 0.1) is 5.92 Å². The summed E-state index contributed by atoms with van der Waals surface area (Å²) in [6.45, 7) is 4.82. The molecule has 142 valence electrons. The first kappa shape index (κ1) is 18.0. The predicted octanol–water partition coefficient (Wildman–Crippen LogP) is 3.91. The van der Waals surface area contributed by atoms with Crippen molar-refractivity contribution in [2.75, 3.05) is 16.2 Å². The average Bonchev–Trinajstić information content (AvgIpc) is 3.41. The molecule has 2 aromatic rings. The van der Waals surface area contributed by atoms with Gasteiger partial charge in [-0.2, -0.15) is 0 Å². The Balaban J connectivity index is 1.57. The van der Waals surface area contributed by atoms with E-state index in [2.05, 4.69) is 18.6 Å². The lowest BCUT2D eigenvalue weighted by molar-refractivity contribution is -0.119. The zero-order chi connectivity index (χ0) is 19.2. The van der Waals surface area contributed by atoms with E-state index in [-0.39, 0.29) is 16.7 Å². The molecule has 1 fully saturated rings. The van der Waals surface area contributed by atoms with E-state index in [4.69, 9.17) is 0 Å². The maximum absolute atomic E-state index is 12.7. The van der Waals surface area contributed by atoms with E-state index in [0.717, 1.165) is 36.1 Å². The molecule has 0 saturated heterocycles. The highest BCUT2D eigenvalue weighted by Crippen LogP contribution is 2.37. The third-order valence-corrected chi connectivity index (χ3v) is 6.68. The third-order valence-electron chi connectivity index (χ3n) is 5.28. The van der Waals surface area contributed by atoms with Crippen LogP contribution in [0.15, 0.2) is 47.4 Å². The molecule has 27 heavy (non-hydrogen) atoms. The minimum Gasteiger partial charge on any atom is -0.312 e. The molecule has 2 aliphatic rings. The molecule has 1 aliphatic heterocycles. The van der Waals surface area contributed by atoms with E-state index < -0.39 is 10.0 Å². The molecule has 5 nitrogen and oxygen atoms in total. The fourth-order valence-corrected chi connectivity index (χ4v) is 4.52. The van der Waals surface area contributed by atoms with Gasteiger partial charge >= 0.3 is 0 Å². The Hall–Kier alpha value is -2.34. The van der Waals surface area contributed by atoms with Crippen molar-refractivity contribution in [1.29, 1.82) is 0 Å². The maximum atomic E-state index is 12.7. The fourth-order valence-electron chi connectivity index (χ4n) is 3.47. The van der Waals surface area contributed by atoms with Gasteiger partial charge in [0.1, 0.15) is 0 Å². The lowest BCUT2D eigenvalue weighted by atomic mass is 10.0. The number of amides is 1. The standard InChI is InChI=1S/C21H24N2O3S/c1-14(2)15-6-9-19(10-7-15)27(25,26)22-18-8-5-16-11-12-23(20(16)13-18)21(24)17-3-4-17/h5-10,13-14,17,22H,3-4,11-12H2,1-2H3. The first-order valence-corrected chi connectivity index (χ1v) is 10.9. The van der Waals surface area contributed by atoms with Gasteiger partial charge in [0.05, 0.1) is 10.6 Å². The van der Waals surface area contributed by atoms with Crippen LogP contribution in [0.25, 0.3) is 0 Å². The second-order valence-corrected chi connectivity index (χ2v) is 9.37. The Kier molecular flexibility index (Phi) is 4.46. The van der Waals surface area contributed by atoms with Crippen LogP contribution in [0.2, 0.25) is 0 Å². The van der Waals surface area contributed by atoms with Gasteiger partial charge in [0, 0.05) is 18.2 Å². The van der Waals surface area contributed by atoms with Crippen molar-refractivity contribution in [2.45, 2.75) is 43.9 Å². The van der Waals surface area contributed by atoms with E-state index in [0.29, 0.717) is 18.2 Å². The van der Waals surface area contributed by atoms with E-state index in [1.165, 1.54) is 0 Å². The number of carbonyl (C=O) groups is 1. The van der Waals surface area contributed by atoms with Gasteiger partial charge in [-0.05, 0) is 60.6 Å². The van der Waals surface area contributed by atoms with Gasteiger partial charge in [0.25, 0.3) is 10.0 Å². The summed E-state index contributed by atoms with van der Waals surface area (Å²) in [5.41, 5.74) is 3.51. The second-order valence-electron chi connectivity index (χ2n) is 7.69. The Labute approximate surface area is 160 Å². The Morgan fingerprint density at radius 3 is 2.44 bits per heavy atom. The van der Waals surface area contributed by atoms with Gasteiger partial charge in [-0.3, -0.25) is 9.52 Å². The van der Waals surface area contributed by atoms with Crippen molar-refractivity contribution in [3.05, 3.63) is 53.6 Å². The van der Waals surface area contributed by atoms with Gasteiger partial charge in [-0.25, -0.2) is 8.42 Å². The topological polar surface area (TPSA) is 66.5 Å². The number of sulfonamides is 1. The predicted molar refractivity (Wildman–Crippen MR) is 107 cm³/mol. The number of carbonyl (C=O) groups excluding carboxylic acids is 1. The van der Waals surface area contributed by atoms with Crippen LogP contribution in [-0.2, 0) is 21.2 Å². The molecule has 0 radical (unpaired) electrons. The van der Waals surface area contributed by atoms with Gasteiger partial charge in [-0.15, -0.1) is 0 Å². The highest BCUT2D eigenvalue weighted by atomic mass is 32.2. The van der Waals surface area contributed by atoms with Gasteiger partial charge in [0.2, 0.25) is 5.91 Å². The molecule has 0 spiro atoms. The van der Waals surface area contributed by atoms with Crippen LogP contribution >= 0.6 is 0 Å². The SMILES string of the molecule is CC(C)c1ccc(S(=O)(=O)Nc2ccc3c(c2)N(C(=O)C2CC2)CC3)cc1. The monoisotopic (exact) mass is 384 g/mol. The minimum atomic E-state index is -3.67. The van der Waals surface area contributed by atoms with Crippen LogP contribution in [0.1, 0.15) is 43.7 Å². The number of nitrogens with zero attached hydrogens (tertiary/aromatic N) is 1. The van der Waals surface area contributed by atoms with Crippen LogP contribution in [0.4, 0.5) is 11.4 Å². The molecule has 0 unspecified atom stereocenters. The number of rotatable bonds is 5. The number of hydrogen-bond donors (Lipinski definition) is 1. The summed E-state index contributed by atoms with van der Waals surface area (Å²) < 4.78 is 28.1. The average molecular weight is 385 g/mol. The largest absolute Gasteiger partial charge is 0.312 e. The number of fused-ring (bicyclic) bond motifs is 1. The molecule has 1 heterocycles. The third kappa shape index (κ3) is 3.58. The lowest BCUT2D eigenvalue weighted by Gasteiger charge is -2.18. The molecule has 6 heteroatoms. The van der Waals surface area contributed by atoms with Crippen molar-refractivity contribution in [3.8, 4) is 0 Å². The van der Waals surface area contributed by atoms with Crippen LogP contribution < -0.4 is 9.62 Å². The molecule has 2 aromatic carbocycles. The number of benzene rings is 2. The van der Waals surface area contributed by atoms with E-state index in [9.17, 15) is 13.2 Å². The van der Waals surface area contributed by atoms with Crippen LogP contribution in [-0.4, -0.2) is 20.9 Å². The van der Waals surface area contributed by atoms with Crippen molar-refractivity contribution in [1.82, 2.24) is 0 Å². The Morgan fingerprint density at radius 2 is 1.81 bits per heavy atom. The van der Waals surface area contributed by atoms with Crippen molar-refractivity contribution >= 4 is 27.3 Å². The first-order chi connectivity index (χ1) is 12.8. The van der Waals surface area contributed by atoms with E-state index in [1.54, 1.807) is 24.3 Å². The highest BCUT2D eigenvalue weighted by Gasteiger charge is 2.36. The summed E-state index contributed by atoms with van der Waals surface area (Å²) >= 11 is 0. The normalized spacial score (nSPS) is 16.5. The highest BCUT2D eigenvalue weighted by molar-refractivity contribution is 7.92. The van der Waals surface area contributed by atoms with E-state index >= 15 is 0 Å². The van der Waals surface area contributed by atoms with Gasteiger partial charge in [0.15, 0.2) is 0 Å². The molecule has 0 atom stereocenters. The smallest absolute Gasteiger partial charge is 0.261 e. The molecule has 4 rings (SSSR count). The number of anilines is 2. The lowest BCUT2D eigenvalue weighted by Crippen LogP contribution is -2.30. The summed E-state index contributed by atoms with van der Waals surface area (Å²) in [5, 5.41) is 0. The van der Waals surface area contributed by atoms with E-state index in [1.807, 2.05) is 23.1 Å². The molecule has 0 aromatic heterocycles. The summed E-state index contributed by atoms with van der Waals surface area (Å²) in [7, 11) is -3.67. The second kappa shape index (κ2) is 6.68. The van der Waals surface area contributed by atoms with Crippen molar-refractivity contribution in [3.63, 3.8) is 0 Å². The van der Waals surface area contributed by atoms with Gasteiger partial charge in [-0.1, -0.05) is 32.0 Å². The fraction of sp³-hybridized carbons (Fsp3) is 0.381. The molecule has 1 saturated carbocycles. The number of nitrogens with one attached hydrogen (secondary N) is 1. The molecule has 1 aliphatic carbocycles. The first-order valence-electron chi connectivity index (χ1n) is 9.42. The number of hydrogen-bond acceptors (Lipinski definition) is 3. The zero-order valence-electron chi connectivity index (χ0n) is 15.6. The summed E-state index contributed by atoms with van der Waals surface area (Å²) in [4.78, 5) is 14.5. The van der Waals surface area contributed by atoms with Crippen LogP contribution in [0.3, 0.4) is 0 Å². The van der Waals surface area contributed by atoms with Crippen molar-refractivity contribution < 1.29 is 13.2 Å². The maximum Gasteiger partial charge on any atom is 0.261 e. The summed E-state index contributed by atoms with van der Waals surface area (Å²) in [6, 6.07) is 12.4. The molecule has 1 N–H and O–H groups in total. The Bertz CT molecular complexity index is 977. The Morgan fingerprint density at radius 1 is 1.11 bits per heavy atom. The molecule has 0 bridgehead atoms. The molecule has 1 amide bonds. The molecular weight excluding hydrogens is 360 g/mol. The molecular formula is C21H24N2O3S. The zero-order valence-corrected chi connectivity index (χ0v) is 16.4. The van der Waals surface area contributed by atoms with Gasteiger partial charge < -0.3 is 4.90 Å². The minimum absolute atomic E-state index is 0.149. The van der Waals surface area contributed by atoms with Crippen molar-refractivity contribution in [2.24, 2.45) is 5.92 Å². The summed E-state index contributed by atoms with van der Waals surface area (Å²) in [5.74, 6) is 0.662. The van der Waals surface area contributed by atoms with Crippen LogP contribution in [0.5, 0.6) is 0 Å².